The molecular formula is C26H26N2O2. The van der Waals surface area contributed by atoms with Crippen LogP contribution in [0.15, 0.2) is 60.7 Å². The molecule has 2 unspecified atom stereocenters. The smallest absolute Gasteiger partial charge is 0.142 e. The zero-order valence-electron chi connectivity index (χ0n) is 17.0. The number of para-hydroxylation sites is 1. The third kappa shape index (κ3) is 3.17. The molecule has 3 aromatic carbocycles. The Balaban J connectivity index is 1.24. The molecule has 2 atom stereocenters. The van der Waals surface area contributed by atoms with Crippen LogP contribution >= 0.6 is 0 Å². The molecule has 0 bridgehead atoms. The average Bonchev–Trinajstić information content (AvgIpc) is 2.82. The first-order valence-corrected chi connectivity index (χ1v) is 10.9. The summed E-state index contributed by atoms with van der Waals surface area (Å²) in [5.74, 6) is 2.45. The molecule has 4 heteroatoms. The first-order valence-electron chi connectivity index (χ1n) is 10.9. The van der Waals surface area contributed by atoms with Crippen LogP contribution in [-0.2, 0) is 12.8 Å². The van der Waals surface area contributed by atoms with Gasteiger partial charge in [0.15, 0.2) is 0 Å². The summed E-state index contributed by atoms with van der Waals surface area (Å²) < 4.78 is 11.9. The van der Waals surface area contributed by atoms with Gasteiger partial charge in [0.05, 0.1) is 18.3 Å². The Kier molecular flexibility index (Phi) is 4.29. The fourth-order valence-electron chi connectivity index (χ4n) is 4.90. The van der Waals surface area contributed by atoms with E-state index < -0.39 is 0 Å². The number of ether oxygens (including phenoxy) is 2. The van der Waals surface area contributed by atoms with E-state index in [2.05, 4.69) is 71.3 Å². The lowest BCUT2D eigenvalue weighted by atomic mass is 9.88. The SMILES string of the molecule is c1ccc2c(c1)CC(c1ccc3c(c1)NC(c1ccc4c(c1)CCCO4)CO3)CN2. The summed E-state index contributed by atoms with van der Waals surface area (Å²) in [4.78, 5) is 0. The van der Waals surface area contributed by atoms with Crippen LogP contribution in [0.3, 0.4) is 0 Å². The molecule has 3 aliphatic rings. The first kappa shape index (κ1) is 17.7. The quantitative estimate of drug-likeness (QED) is 0.614. The molecule has 0 radical (unpaired) electrons. The summed E-state index contributed by atoms with van der Waals surface area (Å²) in [6, 6.07) is 22.0. The van der Waals surface area contributed by atoms with Gasteiger partial charge in [-0.1, -0.05) is 30.3 Å². The van der Waals surface area contributed by atoms with Crippen LogP contribution in [0, 0.1) is 0 Å². The minimum Gasteiger partial charge on any atom is -0.493 e. The fraction of sp³-hybridized carbons (Fsp3) is 0.308. The maximum atomic E-state index is 6.12. The minimum absolute atomic E-state index is 0.158. The molecular weight excluding hydrogens is 372 g/mol. The van der Waals surface area contributed by atoms with E-state index in [-0.39, 0.29) is 6.04 Å². The number of aryl methyl sites for hydroxylation is 1. The Bertz CT molecular complexity index is 1090. The molecule has 152 valence electrons. The van der Waals surface area contributed by atoms with Crippen LogP contribution in [0.25, 0.3) is 0 Å². The van der Waals surface area contributed by atoms with Crippen molar-refractivity contribution in [1.29, 1.82) is 0 Å². The van der Waals surface area contributed by atoms with E-state index in [1.54, 1.807) is 0 Å². The van der Waals surface area contributed by atoms with Crippen LogP contribution in [0.5, 0.6) is 11.5 Å². The number of rotatable bonds is 2. The highest BCUT2D eigenvalue weighted by Gasteiger charge is 2.25. The molecule has 3 aromatic rings. The number of benzene rings is 3. The van der Waals surface area contributed by atoms with Gasteiger partial charge >= 0.3 is 0 Å². The summed E-state index contributed by atoms with van der Waals surface area (Å²) in [6.45, 7) is 2.43. The van der Waals surface area contributed by atoms with E-state index in [9.17, 15) is 0 Å². The normalized spacial score (nSPS) is 21.6. The molecule has 2 N–H and O–H groups in total. The number of hydrogen-bond acceptors (Lipinski definition) is 4. The minimum atomic E-state index is 0.158. The van der Waals surface area contributed by atoms with E-state index in [1.807, 2.05) is 0 Å². The van der Waals surface area contributed by atoms with Gasteiger partial charge < -0.3 is 20.1 Å². The van der Waals surface area contributed by atoms with Gasteiger partial charge in [-0.2, -0.15) is 0 Å². The first-order chi connectivity index (χ1) is 14.8. The van der Waals surface area contributed by atoms with Gasteiger partial charge in [0, 0.05) is 18.2 Å². The van der Waals surface area contributed by atoms with Gasteiger partial charge in [-0.3, -0.25) is 0 Å². The number of hydrogen-bond donors (Lipinski definition) is 2. The standard InChI is InChI=1S/C26H26N2O2/c1-2-6-22-18(4-1)13-21(15-27-22)17-7-10-26-23(14-17)28-24(16-30-26)19-8-9-25-20(12-19)5-3-11-29-25/h1-2,4,6-10,12,14,21,24,27-28H,3,5,11,13,15-16H2. The molecule has 4 nitrogen and oxygen atoms in total. The molecule has 0 amide bonds. The second-order valence-corrected chi connectivity index (χ2v) is 8.52. The van der Waals surface area contributed by atoms with Crippen LogP contribution < -0.4 is 20.1 Å². The van der Waals surface area contributed by atoms with E-state index in [0.29, 0.717) is 12.5 Å². The topological polar surface area (TPSA) is 42.5 Å². The monoisotopic (exact) mass is 398 g/mol. The van der Waals surface area contributed by atoms with Crippen LogP contribution in [0.4, 0.5) is 11.4 Å². The highest BCUT2D eigenvalue weighted by Crippen LogP contribution is 2.39. The summed E-state index contributed by atoms with van der Waals surface area (Å²) in [7, 11) is 0. The van der Waals surface area contributed by atoms with Crippen molar-refractivity contribution < 1.29 is 9.47 Å². The average molecular weight is 399 g/mol. The lowest BCUT2D eigenvalue weighted by Gasteiger charge is -2.31. The lowest BCUT2D eigenvalue weighted by Crippen LogP contribution is -2.25. The Labute approximate surface area is 177 Å². The molecule has 30 heavy (non-hydrogen) atoms. The van der Waals surface area contributed by atoms with Gasteiger partial charge in [0.25, 0.3) is 0 Å². The fourth-order valence-corrected chi connectivity index (χ4v) is 4.90. The Morgan fingerprint density at radius 3 is 2.70 bits per heavy atom. The summed E-state index contributed by atoms with van der Waals surface area (Å²) in [5, 5.41) is 7.32. The van der Waals surface area contributed by atoms with Crippen molar-refractivity contribution in [2.24, 2.45) is 0 Å². The molecule has 3 aliphatic heterocycles. The molecule has 0 saturated heterocycles. The zero-order valence-corrected chi connectivity index (χ0v) is 17.0. The Morgan fingerprint density at radius 1 is 0.800 bits per heavy atom. The van der Waals surface area contributed by atoms with Gasteiger partial charge in [0.2, 0.25) is 0 Å². The van der Waals surface area contributed by atoms with Crippen LogP contribution in [0.1, 0.15) is 40.6 Å². The number of nitrogens with one attached hydrogen (secondary N) is 2. The maximum absolute atomic E-state index is 6.12. The molecule has 0 aromatic heterocycles. The van der Waals surface area contributed by atoms with Gasteiger partial charge in [-0.15, -0.1) is 0 Å². The van der Waals surface area contributed by atoms with E-state index in [1.165, 1.54) is 27.9 Å². The molecule has 0 saturated carbocycles. The van der Waals surface area contributed by atoms with Crippen molar-refractivity contribution in [3.05, 3.63) is 82.9 Å². The van der Waals surface area contributed by atoms with Crippen molar-refractivity contribution in [1.82, 2.24) is 0 Å². The van der Waals surface area contributed by atoms with Crippen molar-refractivity contribution >= 4 is 11.4 Å². The highest BCUT2D eigenvalue weighted by molar-refractivity contribution is 5.62. The second-order valence-electron chi connectivity index (χ2n) is 8.52. The van der Waals surface area contributed by atoms with Crippen molar-refractivity contribution in [2.75, 3.05) is 30.4 Å². The van der Waals surface area contributed by atoms with E-state index >= 15 is 0 Å². The van der Waals surface area contributed by atoms with Crippen LogP contribution in [0.2, 0.25) is 0 Å². The second kappa shape index (κ2) is 7.28. The van der Waals surface area contributed by atoms with E-state index in [0.717, 1.165) is 49.6 Å². The third-order valence-electron chi connectivity index (χ3n) is 6.57. The molecule has 6 rings (SSSR count). The molecule has 0 spiro atoms. The summed E-state index contributed by atoms with van der Waals surface area (Å²) in [6.07, 6.45) is 3.25. The largest absolute Gasteiger partial charge is 0.493 e. The number of fused-ring (bicyclic) bond motifs is 3. The molecule has 3 heterocycles. The van der Waals surface area contributed by atoms with Crippen molar-refractivity contribution in [2.45, 2.75) is 31.2 Å². The maximum Gasteiger partial charge on any atom is 0.142 e. The Hall–Kier alpha value is -3.14. The molecule has 0 fully saturated rings. The van der Waals surface area contributed by atoms with Crippen LogP contribution in [-0.4, -0.2) is 19.8 Å². The van der Waals surface area contributed by atoms with E-state index in [4.69, 9.17) is 9.47 Å². The lowest BCUT2D eigenvalue weighted by molar-refractivity contribution is 0.282. The predicted molar refractivity (Wildman–Crippen MR) is 120 cm³/mol. The number of anilines is 2. The summed E-state index contributed by atoms with van der Waals surface area (Å²) >= 11 is 0. The van der Waals surface area contributed by atoms with Gasteiger partial charge in [-0.05, 0) is 71.8 Å². The Morgan fingerprint density at radius 2 is 1.70 bits per heavy atom. The van der Waals surface area contributed by atoms with Crippen molar-refractivity contribution in [3.8, 4) is 11.5 Å². The van der Waals surface area contributed by atoms with Crippen molar-refractivity contribution in [3.63, 3.8) is 0 Å². The van der Waals surface area contributed by atoms with Gasteiger partial charge in [-0.25, -0.2) is 0 Å². The predicted octanol–water partition coefficient (Wildman–Crippen LogP) is 5.31. The van der Waals surface area contributed by atoms with Gasteiger partial charge in [0.1, 0.15) is 18.1 Å². The third-order valence-corrected chi connectivity index (χ3v) is 6.57. The highest BCUT2D eigenvalue weighted by atomic mass is 16.5. The zero-order chi connectivity index (χ0) is 19.9. The molecule has 0 aliphatic carbocycles. The summed E-state index contributed by atoms with van der Waals surface area (Å²) in [5.41, 5.74) is 7.69.